The van der Waals surface area contributed by atoms with Crippen LogP contribution in [-0.2, 0) is 9.53 Å². The number of halogens is 3. The number of benzene rings is 1. The first-order valence-corrected chi connectivity index (χ1v) is 7.53. The van der Waals surface area contributed by atoms with Crippen molar-refractivity contribution in [3.05, 3.63) is 35.5 Å². The van der Waals surface area contributed by atoms with Crippen LogP contribution < -0.4 is 15.4 Å². The Kier molecular flexibility index (Phi) is 5.93. The molecule has 27 heavy (non-hydrogen) atoms. The van der Waals surface area contributed by atoms with Crippen LogP contribution in [0.15, 0.2) is 28.8 Å². The molecule has 0 aliphatic carbocycles. The molecule has 1 amide bonds. The van der Waals surface area contributed by atoms with Gasteiger partial charge in [-0.25, -0.2) is 4.79 Å². The number of alkyl halides is 3. The van der Waals surface area contributed by atoms with Gasteiger partial charge in [-0.2, -0.15) is 13.2 Å². The van der Waals surface area contributed by atoms with Gasteiger partial charge in [-0.3, -0.25) is 9.69 Å². The first-order chi connectivity index (χ1) is 12.6. The molecular weight excluding hydrogens is 371 g/mol. The number of aromatic nitrogens is 1. The van der Waals surface area contributed by atoms with Crippen molar-refractivity contribution in [3.63, 3.8) is 0 Å². The van der Waals surface area contributed by atoms with Crippen LogP contribution in [0.25, 0.3) is 0 Å². The molecule has 2 N–H and O–H groups in total. The molecule has 146 valence electrons. The van der Waals surface area contributed by atoms with Gasteiger partial charge in [0.25, 0.3) is 5.91 Å². The minimum atomic E-state index is -4.68. The van der Waals surface area contributed by atoms with Gasteiger partial charge in [0.1, 0.15) is 17.9 Å². The van der Waals surface area contributed by atoms with Gasteiger partial charge in [0, 0.05) is 0 Å². The number of ether oxygens (including phenoxy) is 2. The van der Waals surface area contributed by atoms with Crippen LogP contribution in [0.5, 0.6) is 5.75 Å². The summed E-state index contributed by atoms with van der Waals surface area (Å²) in [6, 6.07) is 5.67. The van der Waals surface area contributed by atoms with Gasteiger partial charge in [-0.15, -0.1) is 0 Å². The maximum Gasteiger partial charge on any atom is 0.406 e. The highest BCUT2D eigenvalue weighted by Crippen LogP contribution is 2.30. The molecule has 0 spiro atoms. The van der Waals surface area contributed by atoms with Crippen molar-refractivity contribution < 1.29 is 36.8 Å². The van der Waals surface area contributed by atoms with E-state index in [9.17, 15) is 22.8 Å². The Morgan fingerprint density at radius 1 is 1.30 bits per heavy atom. The Labute approximate surface area is 151 Å². The van der Waals surface area contributed by atoms with Crippen molar-refractivity contribution in [3.8, 4) is 5.75 Å². The second kappa shape index (κ2) is 7.98. The number of esters is 1. The lowest BCUT2D eigenvalue weighted by Crippen LogP contribution is -2.41. The highest BCUT2D eigenvalue weighted by atomic mass is 19.4. The average Bonchev–Trinajstić information content (AvgIpc) is 2.95. The second-order valence-electron chi connectivity index (χ2n) is 5.35. The number of hydrogen-bond acceptors (Lipinski definition) is 7. The summed E-state index contributed by atoms with van der Waals surface area (Å²) in [4.78, 5) is 24.8. The normalized spacial score (nSPS) is 11.1. The zero-order chi connectivity index (χ0) is 20.2. The molecule has 0 unspecified atom stereocenters. The van der Waals surface area contributed by atoms with E-state index in [0.29, 0.717) is 4.90 Å². The van der Waals surface area contributed by atoms with Crippen molar-refractivity contribution in [1.29, 1.82) is 0 Å². The third-order valence-corrected chi connectivity index (χ3v) is 3.43. The number of aryl methyl sites for hydroxylation is 1. The molecule has 0 fully saturated rings. The monoisotopic (exact) mass is 387 g/mol. The van der Waals surface area contributed by atoms with Crippen LogP contribution in [0.1, 0.15) is 16.1 Å². The fourth-order valence-electron chi connectivity index (χ4n) is 2.25. The van der Waals surface area contributed by atoms with Gasteiger partial charge in [-0.05, 0) is 19.1 Å². The number of carbonyl (C=O) groups excluding carboxylic acids is 2. The number of rotatable bonds is 6. The molecule has 11 heteroatoms. The van der Waals surface area contributed by atoms with Crippen molar-refractivity contribution in [2.24, 2.45) is 0 Å². The van der Waals surface area contributed by atoms with Gasteiger partial charge in [-0.1, -0.05) is 17.3 Å². The molecule has 0 saturated carbocycles. The van der Waals surface area contributed by atoms with E-state index in [1.54, 1.807) is 0 Å². The molecule has 0 saturated heterocycles. The fourth-order valence-corrected chi connectivity index (χ4v) is 2.25. The molecule has 2 rings (SSSR count). The van der Waals surface area contributed by atoms with E-state index in [4.69, 9.17) is 15.2 Å². The number of anilines is 2. The van der Waals surface area contributed by atoms with Crippen LogP contribution in [0, 0.1) is 6.92 Å². The van der Waals surface area contributed by atoms with Crippen LogP contribution in [0.4, 0.5) is 24.7 Å². The van der Waals surface area contributed by atoms with Gasteiger partial charge >= 0.3 is 12.1 Å². The van der Waals surface area contributed by atoms with E-state index in [2.05, 4.69) is 9.68 Å². The lowest BCUT2D eigenvalue weighted by Gasteiger charge is -2.25. The summed E-state index contributed by atoms with van der Waals surface area (Å²) in [5.74, 6) is -2.40. The van der Waals surface area contributed by atoms with Crippen LogP contribution in [-0.4, -0.2) is 43.5 Å². The Morgan fingerprint density at radius 2 is 1.96 bits per heavy atom. The Balaban J connectivity index is 2.20. The summed E-state index contributed by atoms with van der Waals surface area (Å²) < 4.78 is 53.2. The topological polar surface area (TPSA) is 108 Å². The van der Waals surface area contributed by atoms with E-state index in [0.717, 1.165) is 0 Å². The SMILES string of the molecule is COc1ccccc1N(CC(F)(F)F)C(=O)COC(=O)c1c(C)noc1N. The highest BCUT2D eigenvalue weighted by molar-refractivity contribution is 5.99. The van der Waals surface area contributed by atoms with Gasteiger partial charge in [0.05, 0.1) is 18.5 Å². The van der Waals surface area contributed by atoms with E-state index in [1.807, 2.05) is 0 Å². The Morgan fingerprint density at radius 3 is 2.52 bits per heavy atom. The number of nitrogen functional groups attached to an aromatic ring is 1. The molecule has 0 aliphatic rings. The highest BCUT2D eigenvalue weighted by Gasteiger charge is 2.35. The van der Waals surface area contributed by atoms with Crippen LogP contribution >= 0.6 is 0 Å². The van der Waals surface area contributed by atoms with E-state index < -0.39 is 31.2 Å². The van der Waals surface area contributed by atoms with E-state index >= 15 is 0 Å². The first kappa shape index (κ1) is 20.1. The first-order valence-electron chi connectivity index (χ1n) is 7.53. The molecule has 0 bridgehead atoms. The molecule has 1 heterocycles. The number of carbonyl (C=O) groups is 2. The van der Waals surface area contributed by atoms with Gasteiger partial charge < -0.3 is 19.7 Å². The summed E-state index contributed by atoms with van der Waals surface area (Å²) in [6.07, 6.45) is -4.68. The Bertz CT molecular complexity index is 815. The quantitative estimate of drug-likeness (QED) is 0.758. The predicted octanol–water partition coefficient (Wildman–Crippen LogP) is 2.33. The largest absolute Gasteiger partial charge is 0.495 e. The van der Waals surface area contributed by atoms with E-state index in [-0.39, 0.29) is 28.6 Å². The lowest BCUT2D eigenvalue weighted by molar-refractivity contribution is -0.134. The molecular formula is C16H16F3N3O5. The number of nitrogens with two attached hydrogens (primary N) is 1. The average molecular weight is 387 g/mol. The minimum absolute atomic E-state index is 0.0561. The molecule has 1 aromatic heterocycles. The minimum Gasteiger partial charge on any atom is -0.495 e. The second-order valence-corrected chi connectivity index (χ2v) is 5.35. The van der Waals surface area contributed by atoms with Gasteiger partial charge in [0.2, 0.25) is 5.88 Å². The third-order valence-electron chi connectivity index (χ3n) is 3.43. The zero-order valence-corrected chi connectivity index (χ0v) is 14.4. The predicted molar refractivity (Wildman–Crippen MR) is 87.3 cm³/mol. The molecule has 0 aliphatic heterocycles. The number of para-hydroxylation sites is 2. The smallest absolute Gasteiger partial charge is 0.406 e. The summed E-state index contributed by atoms with van der Waals surface area (Å²) in [5, 5.41) is 3.46. The summed E-state index contributed by atoms with van der Waals surface area (Å²) in [7, 11) is 1.26. The number of amides is 1. The van der Waals surface area contributed by atoms with Crippen molar-refractivity contribution in [2.45, 2.75) is 13.1 Å². The maximum atomic E-state index is 12.9. The molecule has 1 aromatic carbocycles. The number of methoxy groups -OCH3 is 1. The third kappa shape index (κ3) is 4.90. The number of nitrogens with zero attached hydrogens (tertiary/aromatic N) is 2. The zero-order valence-electron chi connectivity index (χ0n) is 14.4. The summed E-state index contributed by atoms with van der Waals surface area (Å²) in [5.41, 5.74) is 5.25. The Hall–Kier alpha value is -3.24. The molecule has 0 atom stereocenters. The number of hydrogen-bond donors (Lipinski definition) is 1. The van der Waals surface area contributed by atoms with Crippen LogP contribution in [0.3, 0.4) is 0 Å². The molecule has 0 radical (unpaired) electrons. The van der Waals surface area contributed by atoms with Crippen LogP contribution in [0.2, 0.25) is 0 Å². The standard InChI is InChI=1S/C16H16F3N3O5/c1-9-13(14(20)27-21-9)15(24)26-7-12(23)22(8-16(17,18)19)10-5-3-4-6-11(10)25-2/h3-6H,7-8,20H2,1-2H3. The van der Waals surface area contributed by atoms with E-state index in [1.165, 1.54) is 38.3 Å². The summed E-state index contributed by atoms with van der Waals surface area (Å²) in [6.45, 7) is -1.11. The maximum absolute atomic E-state index is 12.9. The molecule has 2 aromatic rings. The summed E-state index contributed by atoms with van der Waals surface area (Å²) >= 11 is 0. The fraction of sp³-hybridized carbons (Fsp3) is 0.312. The van der Waals surface area contributed by atoms with Gasteiger partial charge in [0.15, 0.2) is 6.61 Å². The lowest BCUT2D eigenvalue weighted by atomic mass is 10.2. The van der Waals surface area contributed by atoms with Crippen molar-refractivity contribution in [1.82, 2.24) is 5.16 Å². The van der Waals surface area contributed by atoms with Crippen molar-refractivity contribution >= 4 is 23.4 Å². The molecule has 8 nitrogen and oxygen atoms in total. The van der Waals surface area contributed by atoms with Crippen molar-refractivity contribution in [2.75, 3.05) is 30.9 Å².